The summed E-state index contributed by atoms with van der Waals surface area (Å²) in [7, 11) is 0. The number of carbonyl (C=O) groups excluding carboxylic acids is 1. The van der Waals surface area contributed by atoms with Crippen LogP contribution in [0.2, 0.25) is 0 Å². The zero-order valence-electron chi connectivity index (χ0n) is 4.85. The molecular formula is C6H7ClO2. The van der Waals surface area contributed by atoms with E-state index in [4.69, 9.17) is 16.7 Å². The van der Waals surface area contributed by atoms with Crippen LogP contribution in [-0.2, 0) is 4.79 Å². The molecule has 0 fully saturated rings. The molecule has 0 spiro atoms. The summed E-state index contributed by atoms with van der Waals surface area (Å²) in [6.45, 7) is 0. The van der Waals surface area contributed by atoms with Gasteiger partial charge in [0.05, 0.1) is 0 Å². The fourth-order valence-corrected chi connectivity index (χ4v) is 0.986. The van der Waals surface area contributed by atoms with E-state index in [0.717, 1.165) is 6.42 Å². The van der Waals surface area contributed by atoms with Crippen molar-refractivity contribution in [2.45, 2.75) is 19.3 Å². The van der Waals surface area contributed by atoms with Gasteiger partial charge in [-0.05, 0) is 6.42 Å². The first-order valence-electron chi connectivity index (χ1n) is 2.82. The maximum atomic E-state index is 10.7. The van der Waals surface area contributed by atoms with Crippen LogP contribution in [0.1, 0.15) is 19.3 Å². The number of carbonyl (C=O) groups is 1. The molecule has 2 nitrogen and oxygen atoms in total. The number of hydrogen-bond acceptors (Lipinski definition) is 2. The van der Waals surface area contributed by atoms with E-state index in [2.05, 4.69) is 0 Å². The van der Waals surface area contributed by atoms with E-state index in [1.165, 1.54) is 0 Å². The van der Waals surface area contributed by atoms with Crippen molar-refractivity contribution in [1.29, 1.82) is 0 Å². The minimum absolute atomic E-state index is 0.0289. The monoisotopic (exact) mass is 146 g/mol. The number of ketones is 1. The Labute approximate surface area is 58.1 Å². The Balaban J connectivity index is 2.84. The van der Waals surface area contributed by atoms with Crippen LogP contribution in [0.5, 0.6) is 0 Å². The lowest BCUT2D eigenvalue weighted by Gasteiger charge is -2.08. The van der Waals surface area contributed by atoms with E-state index in [1.807, 2.05) is 0 Å². The van der Waals surface area contributed by atoms with Crippen molar-refractivity contribution in [2.24, 2.45) is 0 Å². The summed E-state index contributed by atoms with van der Waals surface area (Å²) >= 11 is 5.40. The van der Waals surface area contributed by atoms with Crippen molar-refractivity contribution in [3.05, 3.63) is 10.8 Å². The second kappa shape index (κ2) is 2.40. The summed E-state index contributed by atoms with van der Waals surface area (Å²) < 4.78 is 0. The molecule has 1 N–H and O–H groups in total. The number of aliphatic hydroxyl groups excluding tert-OH is 1. The predicted molar refractivity (Wildman–Crippen MR) is 34.4 cm³/mol. The maximum Gasteiger partial charge on any atom is 0.177 e. The van der Waals surface area contributed by atoms with Gasteiger partial charge in [0.15, 0.2) is 5.78 Å². The topological polar surface area (TPSA) is 37.3 Å². The molecule has 0 bridgehead atoms. The Bertz CT molecular complexity index is 172. The fraction of sp³-hybridized carbons (Fsp3) is 0.500. The predicted octanol–water partition coefficient (Wildman–Crippen LogP) is 1.75. The van der Waals surface area contributed by atoms with Crippen LogP contribution in [-0.4, -0.2) is 10.9 Å². The van der Waals surface area contributed by atoms with Gasteiger partial charge in [-0.15, -0.1) is 0 Å². The van der Waals surface area contributed by atoms with Crippen molar-refractivity contribution in [3.63, 3.8) is 0 Å². The van der Waals surface area contributed by atoms with Gasteiger partial charge in [-0.1, -0.05) is 11.6 Å². The molecule has 0 aromatic carbocycles. The highest BCUT2D eigenvalue weighted by molar-refractivity contribution is 6.42. The highest BCUT2D eigenvalue weighted by Crippen LogP contribution is 2.21. The lowest BCUT2D eigenvalue weighted by molar-refractivity contribution is -0.115. The van der Waals surface area contributed by atoms with Gasteiger partial charge in [0.1, 0.15) is 10.8 Å². The van der Waals surface area contributed by atoms with E-state index in [9.17, 15) is 4.79 Å². The Morgan fingerprint density at radius 1 is 1.44 bits per heavy atom. The number of rotatable bonds is 0. The first-order valence-corrected chi connectivity index (χ1v) is 3.20. The van der Waals surface area contributed by atoms with Gasteiger partial charge in [-0.2, -0.15) is 0 Å². The highest BCUT2D eigenvalue weighted by atomic mass is 35.5. The Kier molecular flexibility index (Phi) is 1.76. The Morgan fingerprint density at radius 3 is 2.56 bits per heavy atom. The van der Waals surface area contributed by atoms with Crippen molar-refractivity contribution in [2.75, 3.05) is 0 Å². The van der Waals surface area contributed by atoms with Crippen LogP contribution >= 0.6 is 11.6 Å². The molecule has 9 heavy (non-hydrogen) atoms. The molecule has 0 aliphatic heterocycles. The number of halogens is 1. The normalized spacial score (nSPS) is 20.8. The van der Waals surface area contributed by atoms with Crippen LogP contribution in [0, 0.1) is 0 Å². The average molecular weight is 147 g/mol. The molecule has 50 valence electrons. The molecular weight excluding hydrogens is 140 g/mol. The van der Waals surface area contributed by atoms with Crippen molar-refractivity contribution >= 4 is 17.4 Å². The first-order chi connectivity index (χ1) is 4.22. The van der Waals surface area contributed by atoms with Gasteiger partial charge < -0.3 is 5.11 Å². The molecule has 0 unspecified atom stereocenters. The Hall–Kier alpha value is -0.500. The summed E-state index contributed by atoms with van der Waals surface area (Å²) in [5.41, 5.74) is 0. The van der Waals surface area contributed by atoms with Crippen molar-refractivity contribution in [3.8, 4) is 0 Å². The lowest BCUT2D eigenvalue weighted by atomic mass is 10.1. The average Bonchev–Trinajstić information content (AvgIpc) is 1.83. The van der Waals surface area contributed by atoms with Crippen LogP contribution in [0.15, 0.2) is 10.8 Å². The number of aliphatic hydroxyl groups is 1. The molecule has 0 radical (unpaired) electrons. The third-order valence-corrected chi connectivity index (χ3v) is 1.74. The van der Waals surface area contributed by atoms with Crippen LogP contribution in [0.25, 0.3) is 0 Å². The molecule has 0 aromatic heterocycles. The molecule has 0 aromatic rings. The molecule has 0 saturated carbocycles. The zero-order chi connectivity index (χ0) is 6.85. The van der Waals surface area contributed by atoms with Gasteiger partial charge in [0.2, 0.25) is 0 Å². The maximum absolute atomic E-state index is 10.7. The first kappa shape index (κ1) is 6.62. The van der Waals surface area contributed by atoms with Gasteiger partial charge in [0.25, 0.3) is 0 Å². The van der Waals surface area contributed by atoms with E-state index in [0.29, 0.717) is 12.8 Å². The molecule has 0 amide bonds. The molecule has 0 heterocycles. The minimum atomic E-state index is -0.139. The summed E-state index contributed by atoms with van der Waals surface area (Å²) in [5.74, 6) is -0.0895. The lowest BCUT2D eigenvalue weighted by Crippen LogP contribution is -2.06. The summed E-state index contributed by atoms with van der Waals surface area (Å²) in [6, 6.07) is 0. The molecule has 0 saturated heterocycles. The molecule has 1 rings (SSSR count). The highest BCUT2D eigenvalue weighted by Gasteiger charge is 2.17. The van der Waals surface area contributed by atoms with Gasteiger partial charge >= 0.3 is 0 Å². The van der Waals surface area contributed by atoms with E-state index < -0.39 is 0 Å². The number of Topliss-reactive ketones (excluding diaryl/α,β-unsaturated/α-hetero) is 1. The minimum Gasteiger partial charge on any atom is -0.511 e. The van der Waals surface area contributed by atoms with Crippen LogP contribution < -0.4 is 0 Å². The summed E-state index contributed by atoms with van der Waals surface area (Å²) in [4.78, 5) is 10.7. The third-order valence-electron chi connectivity index (χ3n) is 1.32. The van der Waals surface area contributed by atoms with Crippen molar-refractivity contribution < 1.29 is 9.90 Å². The molecule has 1 aliphatic carbocycles. The van der Waals surface area contributed by atoms with Crippen LogP contribution in [0.4, 0.5) is 0 Å². The third kappa shape index (κ3) is 1.24. The second-order valence-corrected chi connectivity index (χ2v) is 2.42. The number of allylic oxidation sites excluding steroid dienone is 2. The molecule has 1 aliphatic rings. The van der Waals surface area contributed by atoms with Crippen LogP contribution in [0.3, 0.4) is 0 Å². The number of hydrogen-bond donors (Lipinski definition) is 1. The quantitative estimate of drug-likeness (QED) is 0.565. The SMILES string of the molecule is O=C1CCCC(O)=C1Cl. The Morgan fingerprint density at radius 2 is 2.11 bits per heavy atom. The second-order valence-electron chi connectivity index (χ2n) is 2.04. The molecule has 0 atom stereocenters. The standard InChI is InChI=1S/C6H7ClO2/c7-6-4(8)2-1-3-5(6)9/h8H,1-3H2. The molecule has 3 heteroatoms. The van der Waals surface area contributed by atoms with Gasteiger partial charge in [0, 0.05) is 12.8 Å². The smallest absolute Gasteiger partial charge is 0.177 e. The summed E-state index contributed by atoms with van der Waals surface area (Å²) in [6.07, 6.45) is 1.74. The largest absolute Gasteiger partial charge is 0.511 e. The van der Waals surface area contributed by atoms with Gasteiger partial charge in [-0.3, -0.25) is 4.79 Å². The summed E-state index contributed by atoms with van der Waals surface area (Å²) in [5, 5.41) is 8.90. The van der Waals surface area contributed by atoms with E-state index >= 15 is 0 Å². The van der Waals surface area contributed by atoms with E-state index in [1.54, 1.807) is 0 Å². The fourth-order valence-electron chi connectivity index (χ4n) is 0.797. The van der Waals surface area contributed by atoms with Gasteiger partial charge in [-0.25, -0.2) is 0 Å². The zero-order valence-corrected chi connectivity index (χ0v) is 5.61. The van der Waals surface area contributed by atoms with Crippen molar-refractivity contribution in [1.82, 2.24) is 0 Å². The van der Waals surface area contributed by atoms with E-state index in [-0.39, 0.29) is 16.6 Å².